The van der Waals surface area contributed by atoms with Gasteiger partial charge in [0.25, 0.3) is 0 Å². The summed E-state index contributed by atoms with van der Waals surface area (Å²) in [6, 6.07) is -0.425. The smallest absolute Gasteiger partial charge is 0.325 e. The largest absolute Gasteiger partial charge is 0.465 e. The van der Waals surface area contributed by atoms with Gasteiger partial charge in [0.1, 0.15) is 6.54 Å². The second-order valence-corrected chi connectivity index (χ2v) is 2.13. The Labute approximate surface area is 77.1 Å². The predicted molar refractivity (Wildman–Crippen MR) is 48.0 cm³/mol. The van der Waals surface area contributed by atoms with E-state index in [0.717, 1.165) is 0 Å². The molecule has 0 rings (SSSR count). The number of ether oxygens (including phenoxy) is 1. The van der Waals surface area contributed by atoms with E-state index in [-0.39, 0.29) is 6.54 Å². The molecule has 2 amide bonds. The van der Waals surface area contributed by atoms with Crippen LogP contribution in [0.4, 0.5) is 4.79 Å². The quantitative estimate of drug-likeness (QED) is 0.624. The number of hydrogen-bond acceptors (Lipinski definition) is 3. The summed E-state index contributed by atoms with van der Waals surface area (Å²) in [5, 5.41) is 4.72. The van der Waals surface area contributed by atoms with Crippen molar-refractivity contribution in [1.82, 2.24) is 10.6 Å². The Hall–Kier alpha value is -1.52. The van der Waals surface area contributed by atoms with Gasteiger partial charge in [-0.15, -0.1) is 0 Å². The van der Waals surface area contributed by atoms with Gasteiger partial charge in [-0.1, -0.05) is 6.08 Å². The van der Waals surface area contributed by atoms with Gasteiger partial charge in [-0.3, -0.25) is 4.79 Å². The average Bonchev–Trinajstić information content (AvgIpc) is 2.12. The summed E-state index contributed by atoms with van der Waals surface area (Å²) in [5.74, 6) is -0.446. The maximum Gasteiger partial charge on any atom is 0.325 e. The van der Waals surface area contributed by atoms with Crippen molar-refractivity contribution in [2.24, 2.45) is 0 Å². The summed E-state index contributed by atoms with van der Waals surface area (Å²) in [4.78, 5) is 21.6. The molecule has 5 heteroatoms. The first-order valence-corrected chi connectivity index (χ1v) is 4.01. The number of amides is 2. The highest BCUT2D eigenvalue weighted by Gasteiger charge is 2.02. The molecular formula is C8H14N2O3. The molecule has 0 saturated carbocycles. The molecule has 0 aliphatic rings. The highest BCUT2D eigenvalue weighted by Crippen LogP contribution is 1.75. The Morgan fingerprint density at radius 2 is 2.15 bits per heavy atom. The molecule has 74 valence electrons. The minimum absolute atomic E-state index is 0.114. The van der Waals surface area contributed by atoms with E-state index in [9.17, 15) is 9.59 Å². The van der Waals surface area contributed by atoms with E-state index < -0.39 is 12.0 Å². The molecule has 0 aromatic heterocycles. The Kier molecular flexibility index (Phi) is 6.31. The third kappa shape index (κ3) is 6.86. The number of carbonyl (C=O) groups is 2. The van der Waals surface area contributed by atoms with E-state index in [1.165, 1.54) is 6.20 Å². The van der Waals surface area contributed by atoms with Gasteiger partial charge in [-0.05, 0) is 13.8 Å². The minimum atomic E-state index is -0.446. The molecule has 0 aliphatic carbocycles. The summed E-state index contributed by atoms with van der Waals surface area (Å²) < 4.78 is 4.60. The summed E-state index contributed by atoms with van der Waals surface area (Å²) in [6.07, 6.45) is 3.14. The normalized spacial score (nSPS) is 9.69. The molecule has 0 aromatic carbocycles. The lowest BCUT2D eigenvalue weighted by atomic mass is 10.6. The molecule has 0 heterocycles. The summed E-state index contributed by atoms with van der Waals surface area (Å²) in [5.41, 5.74) is 0. The number of esters is 1. The molecule has 0 spiro atoms. The van der Waals surface area contributed by atoms with Crippen LogP contribution in [0.5, 0.6) is 0 Å². The molecule has 0 aliphatic heterocycles. The topological polar surface area (TPSA) is 67.4 Å². The average molecular weight is 186 g/mol. The number of allylic oxidation sites excluding steroid dienone is 1. The monoisotopic (exact) mass is 186 g/mol. The molecule has 0 fully saturated rings. The predicted octanol–water partition coefficient (Wildman–Crippen LogP) is 0.382. The number of hydrogen-bond donors (Lipinski definition) is 2. The molecule has 13 heavy (non-hydrogen) atoms. The lowest BCUT2D eigenvalue weighted by Gasteiger charge is -2.03. The lowest BCUT2D eigenvalue weighted by molar-refractivity contribution is -0.141. The van der Waals surface area contributed by atoms with Crippen molar-refractivity contribution in [3.05, 3.63) is 12.3 Å². The van der Waals surface area contributed by atoms with Crippen molar-refractivity contribution in [3.63, 3.8) is 0 Å². The highest BCUT2D eigenvalue weighted by molar-refractivity contribution is 5.81. The van der Waals surface area contributed by atoms with Crippen molar-refractivity contribution in [1.29, 1.82) is 0 Å². The van der Waals surface area contributed by atoms with E-state index in [1.807, 2.05) is 0 Å². The van der Waals surface area contributed by atoms with Gasteiger partial charge < -0.3 is 15.4 Å². The van der Waals surface area contributed by atoms with E-state index >= 15 is 0 Å². The minimum Gasteiger partial charge on any atom is -0.465 e. The van der Waals surface area contributed by atoms with Gasteiger partial charge in [-0.25, -0.2) is 4.79 Å². The third-order valence-corrected chi connectivity index (χ3v) is 1.08. The van der Waals surface area contributed by atoms with Crippen LogP contribution in [0.3, 0.4) is 0 Å². The van der Waals surface area contributed by atoms with Crippen LogP contribution in [0.1, 0.15) is 13.8 Å². The number of carbonyl (C=O) groups excluding carboxylic acids is 2. The van der Waals surface area contributed by atoms with E-state index in [1.54, 1.807) is 19.9 Å². The zero-order valence-electron chi connectivity index (χ0n) is 7.79. The molecule has 0 aromatic rings. The fraction of sp³-hybridized carbons (Fsp3) is 0.500. The van der Waals surface area contributed by atoms with Crippen LogP contribution in [-0.4, -0.2) is 25.2 Å². The van der Waals surface area contributed by atoms with Gasteiger partial charge in [0, 0.05) is 6.20 Å². The van der Waals surface area contributed by atoms with Crippen molar-refractivity contribution in [2.45, 2.75) is 13.8 Å². The number of rotatable bonds is 4. The van der Waals surface area contributed by atoms with Gasteiger partial charge in [0.05, 0.1) is 6.61 Å². The standard InChI is InChI=1S/C8H14N2O3/c1-3-5-9-8(12)10-6-7(11)13-4-2/h3,5H,4,6H2,1-2H3,(H2,9,10,12)/b5-3+. The van der Waals surface area contributed by atoms with Crippen molar-refractivity contribution in [3.8, 4) is 0 Å². The first-order chi connectivity index (χ1) is 6.20. The van der Waals surface area contributed by atoms with Crippen molar-refractivity contribution >= 4 is 12.0 Å². The Balaban J connectivity index is 3.51. The fourth-order valence-corrected chi connectivity index (χ4v) is 0.575. The van der Waals surface area contributed by atoms with E-state index in [4.69, 9.17) is 0 Å². The fourth-order valence-electron chi connectivity index (χ4n) is 0.575. The Bertz CT molecular complexity index is 202. The van der Waals surface area contributed by atoms with Crippen LogP contribution >= 0.6 is 0 Å². The van der Waals surface area contributed by atoms with Crippen LogP contribution in [0.2, 0.25) is 0 Å². The van der Waals surface area contributed by atoms with Crippen molar-refractivity contribution in [2.75, 3.05) is 13.2 Å². The van der Waals surface area contributed by atoms with E-state index in [0.29, 0.717) is 6.61 Å². The number of nitrogens with one attached hydrogen (secondary N) is 2. The van der Waals surface area contributed by atoms with Crippen LogP contribution in [0.15, 0.2) is 12.3 Å². The second kappa shape index (κ2) is 7.15. The SMILES string of the molecule is C/C=C/NC(=O)NCC(=O)OCC. The lowest BCUT2D eigenvalue weighted by Crippen LogP contribution is -2.36. The van der Waals surface area contributed by atoms with Gasteiger partial charge in [-0.2, -0.15) is 0 Å². The summed E-state index contributed by atoms with van der Waals surface area (Å²) >= 11 is 0. The van der Waals surface area contributed by atoms with Crippen LogP contribution < -0.4 is 10.6 Å². The molecule has 0 unspecified atom stereocenters. The first-order valence-electron chi connectivity index (χ1n) is 4.01. The van der Waals surface area contributed by atoms with Gasteiger partial charge in [0.2, 0.25) is 0 Å². The molecule has 2 N–H and O–H groups in total. The van der Waals surface area contributed by atoms with Crippen LogP contribution in [0, 0.1) is 0 Å². The first kappa shape index (κ1) is 11.5. The maximum absolute atomic E-state index is 10.8. The zero-order valence-corrected chi connectivity index (χ0v) is 7.79. The maximum atomic E-state index is 10.8. The van der Waals surface area contributed by atoms with Crippen LogP contribution in [-0.2, 0) is 9.53 Å². The highest BCUT2D eigenvalue weighted by atomic mass is 16.5. The van der Waals surface area contributed by atoms with E-state index in [2.05, 4.69) is 15.4 Å². The molecule has 0 atom stereocenters. The third-order valence-electron chi connectivity index (χ3n) is 1.08. The summed E-state index contributed by atoms with van der Waals surface area (Å²) in [6.45, 7) is 3.68. The Morgan fingerprint density at radius 1 is 1.46 bits per heavy atom. The zero-order chi connectivity index (χ0) is 10.1. The van der Waals surface area contributed by atoms with Crippen LogP contribution in [0.25, 0.3) is 0 Å². The molecular weight excluding hydrogens is 172 g/mol. The van der Waals surface area contributed by atoms with Gasteiger partial charge in [0.15, 0.2) is 0 Å². The molecule has 0 saturated heterocycles. The molecule has 0 bridgehead atoms. The van der Waals surface area contributed by atoms with Crippen molar-refractivity contribution < 1.29 is 14.3 Å². The summed E-state index contributed by atoms with van der Waals surface area (Å²) in [7, 11) is 0. The van der Waals surface area contributed by atoms with Gasteiger partial charge >= 0.3 is 12.0 Å². The second-order valence-electron chi connectivity index (χ2n) is 2.13. The molecule has 5 nitrogen and oxygen atoms in total. The number of urea groups is 1. The molecule has 0 radical (unpaired) electrons. The Morgan fingerprint density at radius 3 is 2.69 bits per heavy atom.